The van der Waals surface area contributed by atoms with Gasteiger partial charge in [-0.3, -0.25) is 4.79 Å². The number of para-hydroxylation sites is 1. The molecule has 1 aromatic carbocycles. The van der Waals surface area contributed by atoms with Crippen molar-refractivity contribution >= 4 is 5.97 Å². The van der Waals surface area contributed by atoms with Crippen molar-refractivity contribution in [1.82, 2.24) is 4.90 Å². The third-order valence-electron chi connectivity index (χ3n) is 6.35. The third kappa shape index (κ3) is 3.35. The van der Waals surface area contributed by atoms with E-state index < -0.39 is 5.97 Å². The molecular formula is C21H29NO4. The summed E-state index contributed by atoms with van der Waals surface area (Å²) in [6.07, 6.45) is 3.53. The molecule has 2 saturated heterocycles. The van der Waals surface area contributed by atoms with Gasteiger partial charge in [0, 0.05) is 31.0 Å². The van der Waals surface area contributed by atoms with Gasteiger partial charge in [-0.25, -0.2) is 0 Å². The number of carboxylic acid groups (broad SMARTS) is 1. The van der Waals surface area contributed by atoms with Crippen LogP contribution >= 0.6 is 0 Å². The Morgan fingerprint density at radius 1 is 1.35 bits per heavy atom. The number of fused-ring (bicyclic) bond motifs is 4. The summed E-state index contributed by atoms with van der Waals surface area (Å²) in [6, 6.07) is 8.28. The van der Waals surface area contributed by atoms with Crippen LogP contribution in [0.25, 0.3) is 0 Å². The molecule has 0 aromatic heterocycles. The lowest BCUT2D eigenvalue weighted by Gasteiger charge is -2.53. The minimum atomic E-state index is -0.705. The van der Waals surface area contributed by atoms with Crippen LogP contribution in [0.1, 0.15) is 51.2 Å². The topological polar surface area (TPSA) is 59.0 Å². The second kappa shape index (κ2) is 6.86. The van der Waals surface area contributed by atoms with Crippen LogP contribution in [0.5, 0.6) is 5.75 Å². The van der Waals surface area contributed by atoms with Crippen LogP contribution in [0, 0.1) is 11.8 Å². The Hall–Kier alpha value is -1.59. The Labute approximate surface area is 155 Å². The summed E-state index contributed by atoms with van der Waals surface area (Å²) in [4.78, 5) is 13.2. The zero-order valence-corrected chi connectivity index (χ0v) is 15.7. The van der Waals surface area contributed by atoms with Crippen LogP contribution in [0.3, 0.4) is 0 Å². The van der Waals surface area contributed by atoms with Gasteiger partial charge in [-0.2, -0.15) is 0 Å². The van der Waals surface area contributed by atoms with Gasteiger partial charge in [-0.1, -0.05) is 18.2 Å². The summed E-state index contributed by atoms with van der Waals surface area (Å²) in [5.41, 5.74) is 0.953. The maximum atomic E-state index is 10.7. The molecule has 5 nitrogen and oxygen atoms in total. The molecule has 0 aliphatic carbocycles. The van der Waals surface area contributed by atoms with E-state index in [9.17, 15) is 4.79 Å². The lowest BCUT2D eigenvalue weighted by molar-refractivity contribution is -0.187. The highest BCUT2D eigenvalue weighted by Crippen LogP contribution is 2.52. The van der Waals surface area contributed by atoms with Crippen molar-refractivity contribution in [2.24, 2.45) is 11.8 Å². The summed E-state index contributed by atoms with van der Waals surface area (Å²) in [7, 11) is 0. The van der Waals surface area contributed by atoms with Crippen LogP contribution in [0.15, 0.2) is 24.3 Å². The molecule has 3 aliphatic heterocycles. The molecule has 1 N–H and O–H groups in total. The highest BCUT2D eigenvalue weighted by Gasteiger charge is 2.51. The summed E-state index contributed by atoms with van der Waals surface area (Å²) in [5.74, 6) is 1.10. The molecule has 5 heteroatoms. The van der Waals surface area contributed by atoms with E-state index in [1.54, 1.807) is 0 Å². The molecule has 142 valence electrons. The molecule has 0 bridgehead atoms. The molecular weight excluding hydrogens is 330 g/mol. The first-order valence-electron chi connectivity index (χ1n) is 9.81. The van der Waals surface area contributed by atoms with Crippen LogP contribution in [-0.4, -0.2) is 47.3 Å². The predicted molar refractivity (Wildman–Crippen MR) is 98.3 cm³/mol. The fourth-order valence-electron chi connectivity index (χ4n) is 4.99. The number of hydrogen-bond donors (Lipinski definition) is 1. The number of hydrogen-bond acceptors (Lipinski definition) is 4. The smallest absolute Gasteiger partial charge is 0.303 e. The first-order chi connectivity index (χ1) is 12.4. The monoisotopic (exact) mass is 359 g/mol. The van der Waals surface area contributed by atoms with E-state index in [1.807, 2.05) is 12.1 Å². The van der Waals surface area contributed by atoms with E-state index >= 15 is 0 Å². The zero-order chi connectivity index (χ0) is 18.3. The Balaban J connectivity index is 1.47. The van der Waals surface area contributed by atoms with Gasteiger partial charge in [-0.05, 0) is 51.6 Å². The van der Waals surface area contributed by atoms with E-state index in [1.165, 1.54) is 5.56 Å². The van der Waals surface area contributed by atoms with Crippen molar-refractivity contribution < 1.29 is 19.4 Å². The van der Waals surface area contributed by atoms with Crippen molar-refractivity contribution in [2.45, 2.75) is 57.3 Å². The minimum absolute atomic E-state index is 0.120. The first-order valence-corrected chi connectivity index (χ1v) is 9.81. The first kappa shape index (κ1) is 17.8. The zero-order valence-electron chi connectivity index (χ0n) is 15.7. The SMILES string of the molecule is CC1(C)Oc2ccccc2[C@@H]2O[C@@H]3CCN(CCCC(=O)O)C[C@@H]3C[C@H]21. The largest absolute Gasteiger partial charge is 0.487 e. The Bertz CT molecular complexity index is 674. The summed E-state index contributed by atoms with van der Waals surface area (Å²) in [5, 5.41) is 8.85. The number of carbonyl (C=O) groups is 1. The quantitative estimate of drug-likeness (QED) is 0.892. The summed E-state index contributed by atoms with van der Waals surface area (Å²) >= 11 is 0. The number of ether oxygens (including phenoxy) is 2. The number of aliphatic carboxylic acids is 1. The van der Waals surface area contributed by atoms with Crippen molar-refractivity contribution in [3.05, 3.63) is 29.8 Å². The van der Waals surface area contributed by atoms with Gasteiger partial charge in [0.1, 0.15) is 11.4 Å². The second-order valence-electron chi connectivity index (χ2n) is 8.53. The Morgan fingerprint density at radius 2 is 2.15 bits per heavy atom. The Kier molecular flexibility index (Phi) is 4.70. The van der Waals surface area contributed by atoms with Gasteiger partial charge >= 0.3 is 5.97 Å². The fraction of sp³-hybridized carbons (Fsp3) is 0.667. The molecule has 26 heavy (non-hydrogen) atoms. The van der Waals surface area contributed by atoms with E-state index in [0.29, 0.717) is 17.9 Å². The number of rotatable bonds is 4. The minimum Gasteiger partial charge on any atom is -0.487 e. The van der Waals surface area contributed by atoms with Crippen LogP contribution in [-0.2, 0) is 9.53 Å². The number of nitrogens with zero attached hydrogens (tertiary/aromatic N) is 1. The van der Waals surface area contributed by atoms with E-state index in [-0.39, 0.29) is 18.1 Å². The molecule has 1 aromatic rings. The number of likely N-dealkylation sites (tertiary alicyclic amines) is 1. The summed E-state index contributed by atoms with van der Waals surface area (Å²) in [6.45, 7) is 7.23. The number of piperidine rings is 1. The third-order valence-corrected chi connectivity index (χ3v) is 6.35. The number of benzene rings is 1. The lowest BCUT2D eigenvalue weighted by Crippen LogP contribution is -2.55. The molecule has 2 fully saturated rings. The molecule has 0 radical (unpaired) electrons. The molecule has 4 rings (SSSR count). The molecule has 0 unspecified atom stereocenters. The van der Waals surface area contributed by atoms with Gasteiger partial charge in [0.05, 0.1) is 12.2 Å². The van der Waals surface area contributed by atoms with E-state index in [4.69, 9.17) is 14.6 Å². The molecule has 3 heterocycles. The van der Waals surface area contributed by atoms with Gasteiger partial charge < -0.3 is 19.5 Å². The maximum absolute atomic E-state index is 10.7. The average molecular weight is 359 g/mol. The van der Waals surface area contributed by atoms with Gasteiger partial charge in [-0.15, -0.1) is 0 Å². The molecule has 0 saturated carbocycles. The van der Waals surface area contributed by atoms with Crippen LogP contribution in [0.2, 0.25) is 0 Å². The lowest BCUT2D eigenvalue weighted by atomic mass is 9.70. The van der Waals surface area contributed by atoms with Crippen molar-refractivity contribution in [3.63, 3.8) is 0 Å². The number of carboxylic acids is 1. The van der Waals surface area contributed by atoms with Crippen molar-refractivity contribution in [2.75, 3.05) is 19.6 Å². The second-order valence-corrected chi connectivity index (χ2v) is 8.53. The van der Waals surface area contributed by atoms with Crippen LogP contribution < -0.4 is 4.74 Å². The predicted octanol–water partition coefficient (Wildman–Crippen LogP) is 3.49. The van der Waals surface area contributed by atoms with Gasteiger partial charge in [0.15, 0.2) is 0 Å². The standard InChI is InChI=1S/C21H29NO4/c1-21(2)16-12-14-13-22(10-5-8-19(23)24)11-9-17(14)25-20(16)15-6-3-4-7-18(15)26-21/h3-4,6-7,14,16-17,20H,5,8-13H2,1-2H3,(H,23,24)/t14-,16+,17+,20-/m0/s1. The normalized spacial score (nSPS) is 32.7. The van der Waals surface area contributed by atoms with Gasteiger partial charge in [0.25, 0.3) is 0 Å². The molecule has 0 spiro atoms. The van der Waals surface area contributed by atoms with Crippen molar-refractivity contribution in [3.8, 4) is 5.75 Å². The highest BCUT2D eigenvalue weighted by molar-refractivity contribution is 5.66. The van der Waals surface area contributed by atoms with Crippen molar-refractivity contribution in [1.29, 1.82) is 0 Å². The van der Waals surface area contributed by atoms with E-state index in [0.717, 1.165) is 44.6 Å². The maximum Gasteiger partial charge on any atom is 0.303 e. The summed E-state index contributed by atoms with van der Waals surface area (Å²) < 4.78 is 13.0. The Morgan fingerprint density at radius 3 is 2.96 bits per heavy atom. The molecule has 0 amide bonds. The van der Waals surface area contributed by atoms with Crippen LogP contribution in [0.4, 0.5) is 0 Å². The van der Waals surface area contributed by atoms with Gasteiger partial charge in [0.2, 0.25) is 0 Å². The van der Waals surface area contributed by atoms with E-state index in [2.05, 4.69) is 30.9 Å². The fourth-order valence-corrected chi connectivity index (χ4v) is 4.99. The average Bonchev–Trinajstić information content (AvgIpc) is 2.60. The highest BCUT2D eigenvalue weighted by atomic mass is 16.5. The molecule has 4 atom stereocenters. The molecule has 3 aliphatic rings.